The van der Waals surface area contributed by atoms with E-state index in [2.05, 4.69) is 15.5 Å². The molecule has 1 saturated carbocycles. The summed E-state index contributed by atoms with van der Waals surface area (Å²) in [6.45, 7) is 0.906. The van der Waals surface area contributed by atoms with Gasteiger partial charge in [-0.05, 0) is 6.42 Å². The van der Waals surface area contributed by atoms with Gasteiger partial charge in [-0.25, -0.2) is 18.7 Å². The first-order valence-corrected chi connectivity index (χ1v) is 8.05. The number of alkyl carbamates (subject to hydrolysis) is 1. The van der Waals surface area contributed by atoms with Crippen LogP contribution in [0, 0.1) is 0 Å². The molecular formula is C14H17ClF2N4O3. The van der Waals surface area contributed by atoms with Gasteiger partial charge in [0.2, 0.25) is 5.92 Å². The van der Waals surface area contributed by atoms with Crippen LogP contribution in [0.25, 0.3) is 0 Å². The van der Waals surface area contributed by atoms with E-state index in [0.29, 0.717) is 25.2 Å². The summed E-state index contributed by atoms with van der Waals surface area (Å²) in [6, 6.07) is -0.559. The van der Waals surface area contributed by atoms with Crippen LogP contribution in [0.1, 0.15) is 25.7 Å². The third kappa shape index (κ3) is 3.77. The number of rotatable bonds is 3. The van der Waals surface area contributed by atoms with Gasteiger partial charge >= 0.3 is 6.09 Å². The van der Waals surface area contributed by atoms with E-state index in [1.165, 1.54) is 6.20 Å². The number of aromatic amines is 1. The summed E-state index contributed by atoms with van der Waals surface area (Å²) in [5.41, 5.74) is -0.0131. The normalized spacial score (nSPS) is 25.7. The van der Waals surface area contributed by atoms with E-state index in [4.69, 9.17) is 16.3 Å². The number of carbonyl (C=O) groups excluding carboxylic acids is 1. The fourth-order valence-corrected chi connectivity index (χ4v) is 3.27. The molecule has 24 heavy (non-hydrogen) atoms. The molecular weight excluding hydrogens is 346 g/mol. The van der Waals surface area contributed by atoms with E-state index < -0.39 is 29.7 Å². The minimum absolute atomic E-state index is 0.0308. The van der Waals surface area contributed by atoms with Crippen LogP contribution in [-0.4, -0.2) is 47.4 Å². The zero-order valence-corrected chi connectivity index (χ0v) is 13.5. The summed E-state index contributed by atoms with van der Waals surface area (Å²) in [5, 5.41) is 8.45. The standard InChI is InChI=1S/C14H17ClF2N4O3/c15-11-10(6-18-20-12(11)22)21-4-2-9(7-21)24-13(23)19-8-1-3-14(16,17)5-8/h6,8-9H,1-5,7H2,(H,19,23)(H,20,22)/t8?,9-/m1/s1. The first-order chi connectivity index (χ1) is 11.3. The van der Waals surface area contributed by atoms with E-state index in [0.717, 1.165) is 0 Å². The maximum Gasteiger partial charge on any atom is 0.407 e. The Kier molecular flexibility index (Phi) is 4.62. The lowest BCUT2D eigenvalue weighted by Gasteiger charge is -2.19. The lowest BCUT2D eigenvalue weighted by atomic mass is 10.2. The molecule has 3 rings (SSSR count). The van der Waals surface area contributed by atoms with Gasteiger partial charge in [0.25, 0.3) is 5.56 Å². The average Bonchev–Trinajstić information content (AvgIpc) is 3.08. The second-order valence-corrected chi connectivity index (χ2v) is 6.48. The summed E-state index contributed by atoms with van der Waals surface area (Å²) >= 11 is 5.95. The zero-order valence-electron chi connectivity index (χ0n) is 12.7. The van der Waals surface area contributed by atoms with Crippen LogP contribution in [0.3, 0.4) is 0 Å². The number of hydrogen-bond donors (Lipinski definition) is 2. The predicted molar refractivity (Wildman–Crippen MR) is 82.7 cm³/mol. The first-order valence-electron chi connectivity index (χ1n) is 7.67. The molecule has 0 aromatic carbocycles. The van der Waals surface area contributed by atoms with Crippen LogP contribution >= 0.6 is 11.6 Å². The number of anilines is 1. The number of nitrogens with one attached hydrogen (secondary N) is 2. The summed E-state index contributed by atoms with van der Waals surface area (Å²) < 4.78 is 31.5. The molecule has 2 aliphatic rings. The Morgan fingerprint density at radius 1 is 1.50 bits per heavy atom. The number of amides is 1. The Morgan fingerprint density at radius 3 is 3.00 bits per heavy atom. The lowest BCUT2D eigenvalue weighted by Crippen LogP contribution is -2.37. The number of alkyl halides is 2. The Labute approximate surface area is 141 Å². The Bertz CT molecular complexity index is 684. The monoisotopic (exact) mass is 362 g/mol. The van der Waals surface area contributed by atoms with Crippen LogP contribution in [0.15, 0.2) is 11.0 Å². The molecule has 0 bridgehead atoms. The molecule has 2 N–H and O–H groups in total. The van der Waals surface area contributed by atoms with Gasteiger partial charge in [-0.2, -0.15) is 5.10 Å². The molecule has 10 heteroatoms. The molecule has 2 fully saturated rings. The summed E-state index contributed by atoms with van der Waals surface area (Å²) in [5.74, 6) is -2.72. The molecule has 1 aliphatic heterocycles. The highest BCUT2D eigenvalue weighted by atomic mass is 35.5. The SMILES string of the molecule is O=C(NC1CCC(F)(F)C1)O[C@@H]1CCN(c2cn[nH]c(=O)c2Cl)C1. The highest BCUT2D eigenvalue weighted by Gasteiger charge is 2.40. The van der Waals surface area contributed by atoms with Crippen LogP contribution in [0.4, 0.5) is 19.3 Å². The van der Waals surface area contributed by atoms with Crippen molar-refractivity contribution in [1.29, 1.82) is 0 Å². The summed E-state index contributed by atoms with van der Waals surface area (Å²) in [7, 11) is 0. The summed E-state index contributed by atoms with van der Waals surface area (Å²) in [4.78, 5) is 25.1. The van der Waals surface area contributed by atoms with Gasteiger partial charge in [0.1, 0.15) is 11.1 Å². The molecule has 1 amide bonds. The molecule has 1 aromatic heterocycles. The Balaban J connectivity index is 1.52. The number of aromatic nitrogens is 2. The third-order valence-electron chi connectivity index (χ3n) is 4.26. The van der Waals surface area contributed by atoms with E-state index in [1.807, 2.05) is 0 Å². The van der Waals surface area contributed by atoms with Crippen molar-refractivity contribution in [2.45, 2.75) is 43.8 Å². The van der Waals surface area contributed by atoms with E-state index >= 15 is 0 Å². The number of carbonyl (C=O) groups is 1. The molecule has 132 valence electrons. The molecule has 1 aliphatic carbocycles. The zero-order chi connectivity index (χ0) is 17.3. The number of ether oxygens (including phenoxy) is 1. The molecule has 1 aromatic rings. The quantitative estimate of drug-likeness (QED) is 0.857. The van der Waals surface area contributed by atoms with E-state index in [1.54, 1.807) is 4.90 Å². The highest BCUT2D eigenvalue weighted by molar-refractivity contribution is 6.33. The molecule has 2 atom stereocenters. The third-order valence-corrected chi connectivity index (χ3v) is 4.63. The largest absolute Gasteiger partial charge is 0.444 e. The molecule has 0 spiro atoms. The van der Waals surface area contributed by atoms with Crippen molar-refractivity contribution in [3.05, 3.63) is 21.6 Å². The maximum atomic E-state index is 13.1. The van der Waals surface area contributed by atoms with Gasteiger partial charge in [-0.1, -0.05) is 11.6 Å². The van der Waals surface area contributed by atoms with Crippen molar-refractivity contribution in [2.24, 2.45) is 0 Å². The van der Waals surface area contributed by atoms with Gasteiger partial charge in [-0.15, -0.1) is 0 Å². The van der Waals surface area contributed by atoms with Gasteiger partial charge in [0.05, 0.1) is 18.4 Å². The van der Waals surface area contributed by atoms with Crippen molar-refractivity contribution in [2.75, 3.05) is 18.0 Å². The van der Waals surface area contributed by atoms with Gasteiger partial charge in [0.15, 0.2) is 0 Å². The smallest absolute Gasteiger partial charge is 0.407 e. The van der Waals surface area contributed by atoms with Gasteiger partial charge in [0, 0.05) is 31.8 Å². The number of nitrogens with zero attached hydrogens (tertiary/aromatic N) is 2. The molecule has 2 heterocycles. The van der Waals surface area contributed by atoms with Crippen molar-refractivity contribution >= 4 is 23.4 Å². The number of H-pyrrole nitrogens is 1. The van der Waals surface area contributed by atoms with Gasteiger partial charge < -0.3 is 15.0 Å². The minimum Gasteiger partial charge on any atom is -0.444 e. The second kappa shape index (κ2) is 6.54. The summed E-state index contributed by atoms with van der Waals surface area (Å²) in [6.07, 6.45) is 0.565. The maximum absolute atomic E-state index is 13.1. The first kappa shape index (κ1) is 16.9. The predicted octanol–water partition coefficient (Wildman–Crippen LogP) is 1.92. The van der Waals surface area contributed by atoms with Crippen LogP contribution in [-0.2, 0) is 4.74 Å². The number of hydrogen-bond acceptors (Lipinski definition) is 5. The van der Waals surface area contributed by atoms with E-state index in [-0.39, 0.29) is 24.3 Å². The van der Waals surface area contributed by atoms with Crippen LogP contribution < -0.4 is 15.8 Å². The fourth-order valence-electron chi connectivity index (χ4n) is 3.06. The lowest BCUT2D eigenvalue weighted by molar-refractivity contribution is 0.00680. The van der Waals surface area contributed by atoms with Crippen molar-refractivity contribution in [3.8, 4) is 0 Å². The minimum atomic E-state index is -2.72. The van der Waals surface area contributed by atoms with Gasteiger partial charge in [-0.3, -0.25) is 4.79 Å². The fraction of sp³-hybridized carbons (Fsp3) is 0.643. The Hall–Kier alpha value is -1.90. The second-order valence-electron chi connectivity index (χ2n) is 6.10. The van der Waals surface area contributed by atoms with Crippen LogP contribution in [0.5, 0.6) is 0 Å². The van der Waals surface area contributed by atoms with Crippen molar-refractivity contribution in [3.63, 3.8) is 0 Å². The molecule has 7 nitrogen and oxygen atoms in total. The van der Waals surface area contributed by atoms with Crippen LogP contribution in [0.2, 0.25) is 5.02 Å². The average molecular weight is 363 g/mol. The van der Waals surface area contributed by atoms with E-state index in [9.17, 15) is 18.4 Å². The number of halogens is 3. The Morgan fingerprint density at radius 2 is 2.29 bits per heavy atom. The molecule has 0 radical (unpaired) electrons. The van der Waals surface area contributed by atoms with Crippen molar-refractivity contribution < 1.29 is 18.3 Å². The van der Waals surface area contributed by atoms with Crippen molar-refractivity contribution in [1.82, 2.24) is 15.5 Å². The topological polar surface area (TPSA) is 87.3 Å². The highest BCUT2D eigenvalue weighted by Crippen LogP contribution is 2.34. The molecule has 1 saturated heterocycles. The molecule has 1 unspecified atom stereocenters.